The maximum absolute atomic E-state index is 16.2. The number of pyridine rings is 1. The number of nitrogens with zero attached hydrogens (tertiary/aromatic N) is 3. The first-order chi connectivity index (χ1) is 16.7. The predicted molar refractivity (Wildman–Crippen MR) is 134 cm³/mol. The number of hydrogen-bond donors (Lipinski definition) is 2. The fraction of sp³-hybridized carbons (Fsp3) is 0.577. The van der Waals surface area contributed by atoms with Gasteiger partial charge in [-0.1, -0.05) is 19.9 Å². The molecule has 1 unspecified atom stereocenters. The van der Waals surface area contributed by atoms with E-state index in [9.17, 15) is 14.7 Å². The Kier molecular flexibility index (Phi) is 6.27. The van der Waals surface area contributed by atoms with Crippen molar-refractivity contribution in [2.75, 3.05) is 44.3 Å². The SMILES string of the molecule is CC(C)CN1CCC(O)(c2ccc3ncc(N4CCC(=O)NC4=O)cc3c2F)C2(CCOCC2)C1.[HH].[HH]. The first kappa shape index (κ1) is 24.1. The van der Waals surface area contributed by atoms with E-state index in [0.29, 0.717) is 62.7 Å². The summed E-state index contributed by atoms with van der Waals surface area (Å²) in [5, 5.41) is 14.8. The van der Waals surface area contributed by atoms with Crippen LogP contribution in [0.25, 0.3) is 10.9 Å². The lowest BCUT2D eigenvalue weighted by Crippen LogP contribution is -2.60. The first-order valence-electron chi connectivity index (χ1n) is 12.4. The number of imide groups is 1. The Morgan fingerprint density at radius 1 is 1.23 bits per heavy atom. The third-order valence-corrected chi connectivity index (χ3v) is 7.86. The summed E-state index contributed by atoms with van der Waals surface area (Å²) < 4.78 is 21.9. The maximum atomic E-state index is 16.2. The molecule has 1 aromatic heterocycles. The van der Waals surface area contributed by atoms with Crippen molar-refractivity contribution in [3.8, 4) is 0 Å². The van der Waals surface area contributed by atoms with Crippen molar-refractivity contribution in [2.45, 2.75) is 45.1 Å². The number of ether oxygens (including phenoxy) is 1. The molecule has 1 aromatic carbocycles. The number of carbonyl (C=O) groups is 2. The molecule has 1 atom stereocenters. The smallest absolute Gasteiger partial charge is 0.328 e. The second-order valence-corrected chi connectivity index (χ2v) is 10.6. The van der Waals surface area contributed by atoms with Crippen molar-refractivity contribution >= 4 is 28.5 Å². The minimum Gasteiger partial charge on any atom is -0.384 e. The molecular formula is C26H37FN4O4. The van der Waals surface area contributed by atoms with Crippen LogP contribution in [0.5, 0.6) is 0 Å². The van der Waals surface area contributed by atoms with Crippen LogP contribution in [0.2, 0.25) is 0 Å². The lowest BCUT2D eigenvalue weighted by atomic mass is 9.60. The average molecular weight is 489 g/mol. The van der Waals surface area contributed by atoms with Gasteiger partial charge in [0.15, 0.2) is 0 Å². The number of nitrogens with one attached hydrogen (secondary N) is 1. The Bertz CT molecular complexity index is 1160. The second-order valence-electron chi connectivity index (χ2n) is 10.6. The number of halogens is 1. The van der Waals surface area contributed by atoms with Gasteiger partial charge in [0.05, 0.1) is 17.4 Å². The number of rotatable bonds is 4. The normalized spacial score (nSPS) is 25.5. The van der Waals surface area contributed by atoms with E-state index in [-0.39, 0.29) is 32.7 Å². The van der Waals surface area contributed by atoms with E-state index in [1.54, 1.807) is 18.2 Å². The number of likely N-dealkylation sites (tertiary alicyclic amines) is 1. The number of carbonyl (C=O) groups excluding carboxylic acids is 2. The van der Waals surface area contributed by atoms with Crippen molar-refractivity contribution in [1.29, 1.82) is 0 Å². The topological polar surface area (TPSA) is 95.0 Å². The number of fused-ring (bicyclic) bond motifs is 1. The van der Waals surface area contributed by atoms with Gasteiger partial charge in [-0.25, -0.2) is 9.18 Å². The highest BCUT2D eigenvalue weighted by Gasteiger charge is 2.56. The zero-order valence-corrected chi connectivity index (χ0v) is 20.3. The molecule has 8 nitrogen and oxygen atoms in total. The zero-order chi connectivity index (χ0) is 24.8. The fourth-order valence-corrected chi connectivity index (χ4v) is 6.08. The third-order valence-electron chi connectivity index (χ3n) is 7.86. The molecule has 0 saturated carbocycles. The molecule has 192 valence electrons. The lowest BCUT2D eigenvalue weighted by Gasteiger charge is -2.56. The highest BCUT2D eigenvalue weighted by molar-refractivity contribution is 6.06. The summed E-state index contributed by atoms with van der Waals surface area (Å²) in [5.74, 6) is -0.334. The van der Waals surface area contributed by atoms with Crippen LogP contribution < -0.4 is 10.2 Å². The van der Waals surface area contributed by atoms with Crippen LogP contribution in [0.1, 0.15) is 47.9 Å². The molecule has 0 bridgehead atoms. The van der Waals surface area contributed by atoms with Crippen LogP contribution in [0.4, 0.5) is 14.9 Å². The average Bonchev–Trinajstić information content (AvgIpc) is 2.82. The molecule has 3 saturated heterocycles. The van der Waals surface area contributed by atoms with E-state index in [1.807, 2.05) is 0 Å². The van der Waals surface area contributed by atoms with E-state index in [2.05, 4.69) is 29.0 Å². The van der Waals surface area contributed by atoms with Gasteiger partial charge in [0.1, 0.15) is 11.4 Å². The highest BCUT2D eigenvalue weighted by atomic mass is 19.1. The number of amides is 3. The van der Waals surface area contributed by atoms with Gasteiger partial charge in [0.2, 0.25) is 5.91 Å². The number of piperidine rings is 1. The van der Waals surface area contributed by atoms with E-state index in [4.69, 9.17) is 4.74 Å². The number of urea groups is 1. The Morgan fingerprint density at radius 3 is 2.71 bits per heavy atom. The molecule has 3 fully saturated rings. The summed E-state index contributed by atoms with van der Waals surface area (Å²) in [6.45, 7) is 7.98. The van der Waals surface area contributed by atoms with E-state index >= 15 is 4.39 Å². The predicted octanol–water partition coefficient (Wildman–Crippen LogP) is 3.66. The van der Waals surface area contributed by atoms with Crippen molar-refractivity contribution in [3.63, 3.8) is 0 Å². The van der Waals surface area contributed by atoms with Gasteiger partial charge in [-0.2, -0.15) is 0 Å². The summed E-state index contributed by atoms with van der Waals surface area (Å²) in [6.07, 6.45) is 3.44. The molecule has 2 aromatic rings. The Hall–Kier alpha value is -2.62. The largest absolute Gasteiger partial charge is 0.384 e. The van der Waals surface area contributed by atoms with Crippen LogP contribution >= 0.6 is 0 Å². The van der Waals surface area contributed by atoms with Gasteiger partial charge >= 0.3 is 6.03 Å². The van der Waals surface area contributed by atoms with Crippen LogP contribution in [0.3, 0.4) is 0 Å². The summed E-state index contributed by atoms with van der Waals surface area (Å²) in [4.78, 5) is 32.0. The van der Waals surface area contributed by atoms with E-state index < -0.39 is 22.9 Å². The van der Waals surface area contributed by atoms with Crippen LogP contribution in [0.15, 0.2) is 24.4 Å². The zero-order valence-electron chi connectivity index (χ0n) is 20.3. The van der Waals surface area contributed by atoms with Gasteiger partial charge in [-0.05, 0) is 37.3 Å². The van der Waals surface area contributed by atoms with Gasteiger partial charge in [0, 0.05) is 65.0 Å². The van der Waals surface area contributed by atoms with Crippen molar-refractivity contribution in [1.82, 2.24) is 15.2 Å². The monoisotopic (exact) mass is 488 g/mol. The van der Waals surface area contributed by atoms with Crippen LogP contribution in [0, 0.1) is 17.2 Å². The van der Waals surface area contributed by atoms with Crippen molar-refractivity contribution in [3.05, 3.63) is 35.8 Å². The molecular weight excluding hydrogens is 451 g/mol. The molecule has 2 N–H and O–H groups in total. The molecule has 9 heteroatoms. The Morgan fingerprint density at radius 2 is 2.00 bits per heavy atom. The van der Waals surface area contributed by atoms with Gasteiger partial charge in [-0.15, -0.1) is 0 Å². The highest BCUT2D eigenvalue weighted by Crippen LogP contribution is 2.53. The van der Waals surface area contributed by atoms with E-state index in [1.165, 1.54) is 11.1 Å². The standard InChI is InChI=1S/C26H33FN4O4.2H2/c1-17(2)15-30-10-6-26(34,25(16-30)7-11-35-12-8-25)20-3-4-21-19(23(20)27)13-18(14-28-21)31-9-5-22(32)29-24(31)33;;/h3-4,13-14,17,34H,5-12,15-16H2,1-2H3,(H,29,32,33);2*1H. The summed E-state index contributed by atoms with van der Waals surface area (Å²) in [7, 11) is 0. The molecule has 4 heterocycles. The molecule has 0 radical (unpaired) electrons. The molecule has 5 rings (SSSR count). The van der Waals surface area contributed by atoms with E-state index in [0.717, 1.165) is 6.54 Å². The molecule has 3 amide bonds. The minimum absolute atomic E-state index is 0. The third kappa shape index (κ3) is 4.19. The fourth-order valence-electron chi connectivity index (χ4n) is 6.08. The van der Waals surface area contributed by atoms with Crippen LogP contribution in [-0.4, -0.2) is 66.3 Å². The lowest BCUT2D eigenvalue weighted by molar-refractivity contribution is -0.180. The molecule has 1 spiro atoms. The van der Waals surface area contributed by atoms with Gasteiger partial charge in [0.25, 0.3) is 0 Å². The molecule has 3 aliphatic rings. The van der Waals surface area contributed by atoms with Gasteiger partial charge in [-0.3, -0.25) is 20.0 Å². The number of benzene rings is 1. The molecule has 3 aliphatic heterocycles. The number of hydrogen-bond acceptors (Lipinski definition) is 6. The summed E-state index contributed by atoms with van der Waals surface area (Å²) >= 11 is 0. The van der Waals surface area contributed by atoms with Crippen molar-refractivity contribution in [2.24, 2.45) is 11.3 Å². The second kappa shape index (κ2) is 9.11. The Balaban J connectivity index is 0.00000190. The molecule has 0 aliphatic carbocycles. The van der Waals surface area contributed by atoms with Crippen LogP contribution in [-0.2, 0) is 15.1 Å². The quantitative estimate of drug-likeness (QED) is 0.682. The summed E-state index contributed by atoms with van der Waals surface area (Å²) in [6, 6.07) is 4.45. The maximum Gasteiger partial charge on any atom is 0.328 e. The van der Waals surface area contributed by atoms with Crippen molar-refractivity contribution < 1.29 is 26.7 Å². The first-order valence-corrected chi connectivity index (χ1v) is 12.4. The summed E-state index contributed by atoms with van der Waals surface area (Å²) in [5.41, 5.74) is -0.699. The Labute approximate surface area is 207 Å². The number of aliphatic hydroxyl groups is 1. The minimum atomic E-state index is -1.34. The molecule has 35 heavy (non-hydrogen) atoms. The number of aromatic nitrogens is 1. The van der Waals surface area contributed by atoms with Gasteiger partial charge < -0.3 is 14.7 Å². The number of anilines is 1.